The van der Waals surface area contributed by atoms with Crippen LogP contribution in [0, 0.1) is 0 Å². The van der Waals surface area contributed by atoms with Crippen molar-refractivity contribution in [3.63, 3.8) is 0 Å². The maximum atomic E-state index is 6.92. The van der Waals surface area contributed by atoms with Crippen LogP contribution in [0.5, 0.6) is 23.0 Å². The van der Waals surface area contributed by atoms with Crippen LogP contribution in [0.3, 0.4) is 0 Å². The van der Waals surface area contributed by atoms with Crippen LogP contribution in [0.2, 0.25) is 0 Å². The van der Waals surface area contributed by atoms with Crippen LogP contribution in [0.15, 0.2) is 194 Å². The third-order valence-electron chi connectivity index (χ3n) is 10.1. The molecule has 9 rings (SSSR count). The maximum absolute atomic E-state index is 6.92. The Morgan fingerprint density at radius 1 is 0.463 bits per heavy atom. The second kappa shape index (κ2) is 14.7. The van der Waals surface area contributed by atoms with Gasteiger partial charge in [0.15, 0.2) is 0 Å². The number of allylic oxidation sites excluding steroid dienone is 3. The lowest BCUT2D eigenvalue weighted by Crippen LogP contribution is -2.57. The molecule has 0 saturated carbocycles. The van der Waals surface area contributed by atoms with Gasteiger partial charge in [-0.2, -0.15) is 0 Å². The summed E-state index contributed by atoms with van der Waals surface area (Å²) < 4.78 is 13.6. The van der Waals surface area contributed by atoms with E-state index in [9.17, 15) is 0 Å². The Balaban J connectivity index is 1.11. The zero-order valence-corrected chi connectivity index (χ0v) is 30.2. The van der Waals surface area contributed by atoms with E-state index in [-0.39, 0.29) is 6.71 Å². The lowest BCUT2D eigenvalue weighted by molar-refractivity contribution is 0.465. The molecule has 260 valence electrons. The van der Waals surface area contributed by atoms with Gasteiger partial charge in [0, 0.05) is 46.5 Å². The highest BCUT2D eigenvalue weighted by atomic mass is 16.5. The van der Waals surface area contributed by atoms with E-state index in [1.54, 1.807) is 0 Å². The first kappa shape index (κ1) is 33.1. The highest BCUT2D eigenvalue weighted by Gasteiger charge is 2.40. The smallest absolute Gasteiger partial charge is 0.260 e. The number of fused-ring (bicyclic) bond motifs is 4. The van der Waals surface area contributed by atoms with Gasteiger partial charge in [-0.15, -0.1) is 0 Å². The fraction of sp³-hybridized carbons (Fsp3) is 0.0612. The van der Waals surface area contributed by atoms with E-state index in [1.807, 2.05) is 6.07 Å². The first-order valence-corrected chi connectivity index (χ1v) is 18.7. The van der Waals surface area contributed by atoms with E-state index >= 15 is 0 Å². The van der Waals surface area contributed by atoms with Gasteiger partial charge in [-0.25, -0.2) is 0 Å². The first-order chi connectivity index (χ1) is 26.7. The number of hydrogen-bond donors (Lipinski definition) is 0. The van der Waals surface area contributed by atoms with Gasteiger partial charge in [0.25, 0.3) is 6.71 Å². The molecular weight excluding hydrogens is 659 g/mol. The van der Waals surface area contributed by atoms with E-state index in [0.717, 1.165) is 91.9 Å². The molecule has 0 aliphatic carbocycles. The molecule has 0 amide bonds. The lowest BCUT2D eigenvalue weighted by atomic mass is 9.35. The van der Waals surface area contributed by atoms with Crippen LogP contribution in [0.25, 0.3) is 11.1 Å². The maximum Gasteiger partial charge on any atom is 0.260 e. The minimum absolute atomic E-state index is 0.0104. The SMILES string of the molecule is CC/C=C\C=C/CN(c1ccccc1)c1ccc2c(c1)Oc1cc(-c3ccc(N(c4ccccc4)c4ccccc4)cc3)cc3c1B2c1ccccc1O3. The third kappa shape index (κ3) is 6.35. The molecule has 4 nitrogen and oxygen atoms in total. The van der Waals surface area contributed by atoms with Crippen molar-refractivity contribution in [2.75, 3.05) is 16.3 Å². The van der Waals surface area contributed by atoms with Gasteiger partial charge in [0.2, 0.25) is 0 Å². The highest BCUT2D eigenvalue weighted by Crippen LogP contribution is 2.41. The van der Waals surface area contributed by atoms with Crippen LogP contribution in [-0.2, 0) is 0 Å². The number of rotatable bonds is 10. The van der Waals surface area contributed by atoms with E-state index in [0.29, 0.717) is 0 Å². The molecule has 0 radical (unpaired) electrons. The van der Waals surface area contributed by atoms with Gasteiger partial charge >= 0.3 is 0 Å². The summed E-state index contributed by atoms with van der Waals surface area (Å²) in [5.74, 6) is 3.39. The number of para-hydroxylation sites is 4. The Hall–Kier alpha value is -6.72. The molecule has 0 aromatic heterocycles. The van der Waals surface area contributed by atoms with Gasteiger partial charge in [-0.1, -0.05) is 122 Å². The van der Waals surface area contributed by atoms with Crippen molar-refractivity contribution in [1.29, 1.82) is 0 Å². The number of nitrogens with zero attached hydrogens (tertiary/aromatic N) is 2. The number of ether oxygens (including phenoxy) is 2. The van der Waals surface area contributed by atoms with Crippen LogP contribution >= 0.6 is 0 Å². The van der Waals surface area contributed by atoms with E-state index < -0.39 is 0 Å². The molecule has 2 aliphatic heterocycles. The van der Waals surface area contributed by atoms with Crippen molar-refractivity contribution in [1.82, 2.24) is 0 Å². The minimum atomic E-state index is -0.0104. The fourth-order valence-corrected chi connectivity index (χ4v) is 7.60. The molecule has 0 bridgehead atoms. The molecule has 0 spiro atoms. The molecule has 0 fully saturated rings. The highest BCUT2D eigenvalue weighted by molar-refractivity contribution is 6.98. The van der Waals surface area contributed by atoms with Gasteiger partial charge in [0.05, 0.1) is 0 Å². The van der Waals surface area contributed by atoms with Gasteiger partial charge < -0.3 is 19.3 Å². The first-order valence-electron chi connectivity index (χ1n) is 18.7. The summed E-state index contributed by atoms with van der Waals surface area (Å²) in [4.78, 5) is 4.60. The number of hydrogen-bond acceptors (Lipinski definition) is 4. The monoisotopic (exact) mass is 698 g/mol. The largest absolute Gasteiger partial charge is 0.458 e. The number of benzene rings is 7. The summed E-state index contributed by atoms with van der Waals surface area (Å²) in [5, 5.41) is 0. The van der Waals surface area contributed by atoms with Crippen molar-refractivity contribution >= 4 is 51.5 Å². The van der Waals surface area contributed by atoms with Crippen molar-refractivity contribution in [2.24, 2.45) is 0 Å². The van der Waals surface area contributed by atoms with Crippen molar-refractivity contribution < 1.29 is 9.47 Å². The molecule has 5 heteroatoms. The van der Waals surface area contributed by atoms with E-state index in [1.165, 1.54) is 0 Å². The summed E-state index contributed by atoms with van der Waals surface area (Å²) >= 11 is 0. The Bertz CT molecular complexity index is 2420. The van der Waals surface area contributed by atoms with Gasteiger partial charge in [0.1, 0.15) is 23.0 Å². The Morgan fingerprint density at radius 3 is 1.67 bits per heavy atom. The van der Waals surface area contributed by atoms with E-state index in [4.69, 9.17) is 9.47 Å². The molecule has 0 unspecified atom stereocenters. The van der Waals surface area contributed by atoms with Crippen molar-refractivity contribution in [2.45, 2.75) is 13.3 Å². The predicted octanol–water partition coefficient (Wildman–Crippen LogP) is 11.2. The molecule has 0 atom stereocenters. The number of anilines is 5. The summed E-state index contributed by atoms with van der Waals surface area (Å²) in [6.45, 7) is 2.87. The quantitative estimate of drug-likeness (QED) is 0.105. The van der Waals surface area contributed by atoms with Gasteiger partial charge in [-0.3, -0.25) is 0 Å². The predicted molar refractivity (Wildman–Crippen MR) is 226 cm³/mol. The third-order valence-corrected chi connectivity index (χ3v) is 10.1. The van der Waals surface area contributed by atoms with Crippen LogP contribution in [0.4, 0.5) is 28.4 Å². The van der Waals surface area contributed by atoms with Crippen LogP contribution in [-0.4, -0.2) is 13.3 Å². The van der Waals surface area contributed by atoms with Crippen molar-refractivity contribution in [3.05, 3.63) is 194 Å². The lowest BCUT2D eigenvalue weighted by Gasteiger charge is -2.34. The average Bonchev–Trinajstić information content (AvgIpc) is 3.23. The molecule has 7 aromatic rings. The second-order valence-corrected chi connectivity index (χ2v) is 13.5. The molecule has 0 saturated heterocycles. The van der Waals surface area contributed by atoms with Crippen molar-refractivity contribution in [3.8, 4) is 34.1 Å². The minimum Gasteiger partial charge on any atom is -0.458 e. The molecule has 2 heterocycles. The molecule has 0 N–H and O–H groups in total. The van der Waals surface area contributed by atoms with E-state index in [2.05, 4.69) is 205 Å². The van der Waals surface area contributed by atoms with Crippen LogP contribution in [0.1, 0.15) is 13.3 Å². The average molecular weight is 699 g/mol. The molecular formula is C49H39BN2O2. The summed E-state index contributed by atoms with van der Waals surface area (Å²) in [5.41, 5.74) is 11.0. The molecule has 7 aromatic carbocycles. The van der Waals surface area contributed by atoms with Gasteiger partial charge in [-0.05, 0) is 101 Å². The Morgan fingerprint density at radius 2 is 1.00 bits per heavy atom. The molecule has 54 heavy (non-hydrogen) atoms. The fourth-order valence-electron chi connectivity index (χ4n) is 7.60. The van der Waals surface area contributed by atoms with Crippen LogP contribution < -0.4 is 35.7 Å². The summed E-state index contributed by atoms with van der Waals surface area (Å²) in [6.07, 6.45) is 9.62. The summed E-state index contributed by atoms with van der Waals surface area (Å²) in [6, 6.07) is 59.6. The topological polar surface area (TPSA) is 24.9 Å². The zero-order chi connectivity index (χ0) is 36.3. The zero-order valence-electron chi connectivity index (χ0n) is 30.2. The second-order valence-electron chi connectivity index (χ2n) is 13.5. The normalized spacial score (nSPS) is 12.4. The molecule has 2 aliphatic rings. The standard InChI is InChI=1S/C49H39BN2O2/c1-2-3-4-5-17-32-51(38-18-9-6-10-19-38)42-30-31-44-46(35-42)54-48-34-37(33-47-49(48)50(44)43-24-15-16-25-45(43)53-47)36-26-28-41(29-27-36)52(39-20-11-7-12-21-39)40-22-13-8-14-23-40/h3-31,33-35H,2,32H2,1H3/b4-3-,17-5-. The Labute approximate surface area is 318 Å². The Kier molecular flexibility index (Phi) is 9.04. The summed E-state index contributed by atoms with van der Waals surface area (Å²) in [7, 11) is 0.